The van der Waals surface area contributed by atoms with Crippen LogP contribution >= 0.6 is 0 Å². The van der Waals surface area contributed by atoms with Crippen molar-refractivity contribution < 1.29 is 35.9 Å². The van der Waals surface area contributed by atoms with E-state index in [1.54, 1.807) is 0 Å². The van der Waals surface area contributed by atoms with Gasteiger partial charge in [0.05, 0.1) is 12.7 Å². The minimum Gasteiger partial charge on any atom is -0.496 e. The van der Waals surface area contributed by atoms with Crippen molar-refractivity contribution in [3.63, 3.8) is 0 Å². The maximum Gasteiger partial charge on any atom is 0.420 e. The molecule has 0 aliphatic heterocycles. The third-order valence-corrected chi connectivity index (χ3v) is 2.33. The molecule has 0 bridgehead atoms. The molecule has 0 saturated heterocycles. The maximum absolute atomic E-state index is 12.8. The van der Waals surface area contributed by atoms with Crippen molar-refractivity contribution in [2.24, 2.45) is 0 Å². The molecular weight excluding hydrogens is 278 g/mol. The van der Waals surface area contributed by atoms with Crippen LogP contribution in [0.5, 0.6) is 5.75 Å². The molecule has 0 aromatic heterocycles. The number of Topliss-reactive ketones (excluding diaryl/α,β-unsaturated/α-hetero) is 1. The molecule has 0 aliphatic carbocycles. The minimum atomic E-state index is -5.13. The highest BCUT2D eigenvalue weighted by Gasteiger charge is 2.44. The minimum absolute atomic E-state index is 0.394. The topological polar surface area (TPSA) is 26.3 Å². The van der Waals surface area contributed by atoms with Crippen LogP contribution in [0, 0.1) is 0 Å². The Kier molecular flexibility index (Phi) is 3.83. The average molecular weight is 286 g/mol. The van der Waals surface area contributed by atoms with Gasteiger partial charge in [0.25, 0.3) is 0 Å². The van der Waals surface area contributed by atoms with Crippen LogP contribution in [-0.4, -0.2) is 12.9 Å². The molecule has 2 nitrogen and oxygen atoms in total. The number of alkyl halides is 6. The molecule has 19 heavy (non-hydrogen) atoms. The second-order valence-electron chi connectivity index (χ2n) is 3.62. The fraction of sp³-hybridized carbons (Fsp3) is 0.364. The van der Waals surface area contributed by atoms with E-state index in [1.165, 1.54) is 0 Å². The van der Waals surface area contributed by atoms with Crippen LogP contribution in [0.3, 0.4) is 0 Å². The highest BCUT2D eigenvalue weighted by molar-refractivity contribution is 5.98. The quantitative estimate of drug-likeness (QED) is 0.608. The van der Waals surface area contributed by atoms with Crippen LogP contribution in [0.25, 0.3) is 0 Å². The summed E-state index contributed by atoms with van der Waals surface area (Å²) < 4.78 is 80.8. The fourth-order valence-electron chi connectivity index (χ4n) is 1.64. The highest BCUT2D eigenvalue weighted by Crippen LogP contribution is 2.44. The van der Waals surface area contributed by atoms with Crippen molar-refractivity contribution in [2.75, 3.05) is 7.11 Å². The zero-order valence-corrected chi connectivity index (χ0v) is 9.74. The summed E-state index contributed by atoms with van der Waals surface area (Å²) in [6, 6.07) is 0.933. The largest absolute Gasteiger partial charge is 0.496 e. The highest BCUT2D eigenvalue weighted by atomic mass is 19.4. The SMILES string of the molecule is COc1ccc(C(F)(F)F)c(C(C)=O)c1C(F)(F)F. The number of ketones is 1. The van der Waals surface area contributed by atoms with Gasteiger partial charge in [0.2, 0.25) is 0 Å². The number of methoxy groups -OCH3 is 1. The first-order valence-corrected chi connectivity index (χ1v) is 4.86. The monoisotopic (exact) mass is 286 g/mol. The zero-order valence-electron chi connectivity index (χ0n) is 9.74. The molecule has 1 aromatic rings. The smallest absolute Gasteiger partial charge is 0.420 e. The molecule has 1 rings (SSSR count). The molecule has 0 amide bonds. The van der Waals surface area contributed by atoms with E-state index in [-0.39, 0.29) is 0 Å². The Morgan fingerprint density at radius 3 is 1.89 bits per heavy atom. The van der Waals surface area contributed by atoms with E-state index < -0.39 is 40.6 Å². The summed E-state index contributed by atoms with van der Waals surface area (Å²) in [4.78, 5) is 11.2. The molecule has 0 spiro atoms. The van der Waals surface area contributed by atoms with Crippen molar-refractivity contribution in [1.29, 1.82) is 0 Å². The van der Waals surface area contributed by atoms with Crippen LogP contribution in [-0.2, 0) is 12.4 Å². The Balaban J connectivity index is 3.79. The zero-order chi connectivity index (χ0) is 15.0. The summed E-state index contributed by atoms with van der Waals surface area (Å²) in [5, 5.41) is 0. The number of hydrogen-bond acceptors (Lipinski definition) is 2. The van der Waals surface area contributed by atoms with Crippen LogP contribution < -0.4 is 4.74 Å². The van der Waals surface area contributed by atoms with Crippen LogP contribution in [0.15, 0.2) is 12.1 Å². The molecule has 0 fully saturated rings. The Morgan fingerprint density at radius 1 is 1.05 bits per heavy atom. The maximum atomic E-state index is 12.8. The van der Waals surface area contributed by atoms with Gasteiger partial charge < -0.3 is 4.74 Å². The molecule has 8 heteroatoms. The number of ether oxygens (including phenoxy) is 1. The number of hydrogen-bond donors (Lipinski definition) is 0. The Labute approximate surface area is 104 Å². The van der Waals surface area contributed by atoms with Crippen molar-refractivity contribution >= 4 is 5.78 Å². The summed E-state index contributed by atoms with van der Waals surface area (Å²) >= 11 is 0. The molecule has 0 heterocycles. The van der Waals surface area contributed by atoms with Gasteiger partial charge in [0, 0.05) is 5.56 Å². The molecular formula is C11H8F6O2. The fourth-order valence-corrected chi connectivity index (χ4v) is 1.64. The molecule has 0 radical (unpaired) electrons. The van der Waals surface area contributed by atoms with Gasteiger partial charge in [-0.1, -0.05) is 0 Å². The predicted octanol–water partition coefficient (Wildman–Crippen LogP) is 3.94. The van der Waals surface area contributed by atoms with E-state index in [2.05, 4.69) is 4.74 Å². The molecule has 0 N–H and O–H groups in total. The van der Waals surface area contributed by atoms with Gasteiger partial charge in [-0.05, 0) is 19.1 Å². The summed E-state index contributed by atoms with van der Waals surface area (Å²) in [5.74, 6) is -2.16. The van der Waals surface area contributed by atoms with Gasteiger partial charge >= 0.3 is 12.4 Å². The Hall–Kier alpha value is -1.73. The van der Waals surface area contributed by atoms with E-state index in [0.717, 1.165) is 7.11 Å². The molecule has 1 aromatic carbocycles. The summed E-state index contributed by atoms with van der Waals surface area (Å²) in [6.45, 7) is 0.638. The first-order valence-electron chi connectivity index (χ1n) is 4.86. The molecule has 0 unspecified atom stereocenters. The summed E-state index contributed by atoms with van der Waals surface area (Å²) in [5.41, 5.74) is -4.77. The van der Waals surface area contributed by atoms with Gasteiger partial charge in [0.1, 0.15) is 11.3 Å². The average Bonchev–Trinajstić information content (AvgIpc) is 2.24. The number of halogens is 6. The van der Waals surface area contributed by atoms with Gasteiger partial charge in [-0.15, -0.1) is 0 Å². The van der Waals surface area contributed by atoms with E-state index in [0.29, 0.717) is 19.1 Å². The van der Waals surface area contributed by atoms with Crippen molar-refractivity contribution in [3.05, 3.63) is 28.8 Å². The second-order valence-corrected chi connectivity index (χ2v) is 3.62. The Bertz CT molecular complexity index is 501. The lowest BCUT2D eigenvalue weighted by Gasteiger charge is -2.19. The first-order chi connectivity index (χ1) is 8.50. The summed E-state index contributed by atoms with van der Waals surface area (Å²) in [6.07, 6.45) is -10.2. The van der Waals surface area contributed by atoms with E-state index >= 15 is 0 Å². The predicted molar refractivity (Wildman–Crippen MR) is 53.0 cm³/mol. The van der Waals surface area contributed by atoms with Crippen LogP contribution in [0.2, 0.25) is 0 Å². The van der Waals surface area contributed by atoms with E-state index in [9.17, 15) is 31.1 Å². The number of carbonyl (C=O) groups is 1. The third kappa shape index (κ3) is 2.99. The third-order valence-electron chi connectivity index (χ3n) is 2.33. The number of benzene rings is 1. The van der Waals surface area contributed by atoms with Gasteiger partial charge in [0.15, 0.2) is 5.78 Å². The standard InChI is InChI=1S/C11H8F6O2/c1-5(18)8-6(10(12,13)14)3-4-7(19-2)9(8)11(15,16)17/h3-4H,1-2H3. The number of rotatable bonds is 2. The van der Waals surface area contributed by atoms with Crippen molar-refractivity contribution in [1.82, 2.24) is 0 Å². The van der Waals surface area contributed by atoms with Crippen molar-refractivity contribution in [3.8, 4) is 5.75 Å². The van der Waals surface area contributed by atoms with Crippen LogP contribution in [0.1, 0.15) is 28.4 Å². The second kappa shape index (κ2) is 4.75. The van der Waals surface area contributed by atoms with Gasteiger partial charge in [-0.2, -0.15) is 26.3 Å². The van der Waals surface area contributed by atoms with E-state index in [4.69, 9.17) is 0 Å². The number of carbonyl (C=O) groups excluding carboxylic acids is 1. The molecule has 0 atom stereocenters. The lowest BCUT2D eigenvalue weighted by Crippen LogP contribution is -2.20. The van der Waals surface area contributed by atoms with Gasteiger partial charge in [-0.25, -0.2) is 0 Å². The first kappa shape index (κ1) is 15.3. The van der Waals surface area contributed by atoms with Gasteiger partial charge in [-0.3, -0.25) is 4.79 Å². The lowest BCUT2D eigenvalue weighted by molar-refractivity contribution is -0.144. The lowest BCUT2D eigenvalue weighted by atomic mass is 9.96. The normalized spacial score (nSPS) is 12.4. The van der Waals surface area contributed by atoms with E-state index in [1.807, 2.05) is 0 Å². The molecule has 0 aliphatic rings. The van der Waals surface area contributed by atoms with Crippen molar-refractivity contribution in [2.45, 2.75) is 19.3 Å². The van der Waals surface area contributed by atoms with Crippen LogP contribution in [0.4, 0.5) is 26.3 Å². The molecule has 106 valence electrons. The Morgan fingerprint density at radius 2 is 1.58 bits per heavy atom. The summed E-state index contributed by atoms with van der Waals surface area (Å²) in [7, 11) is 0.877. The molecule has 0 saturated carbocycles.